The molecule has 3 aromatic rings. The van der Waals surface area contributed by atoms with Crippen LogP contribution in [-0.2, 0) is 0 Å². The number of halogens is 6. The van der Waals surface area contributed by atoms with E-state index in [9.17, 15) is 26.7 Å². The number of nitrogens with one attached hydrogen (secondary N) is 2. The Morgan fingerprint density at radius 3 is 2.52 bits per heavy atom. The normalized spacial score (nSPS) is 18.3. The lowest BCUT2D eigenvalue weighted by Gasteiger charge is -2.33. The fourth-order valence-electron chi connectivity index (χ4n) is 3.43. The van der Waals surface area contributed by atoms with Crippen molar-refractivity contribution in [3.05, 3.63) is 75.9 Å². The summed E-state index contributed by atoms with van der Waals surface area (Å²) < 4.78 is 69.1. The fourth-order valence-corrected chi connectivity index (χ4v) is 3.93. The van der Waals surface area contributed by atoms with Crippen molar-refractivity contribution in [3.8, 4) is 0 Å². The van der Waals surface area contributed by atoms with Gasteiger partial charge in [-0.3, -0.25) is 4.79 Å². The van der Waals surface area contributed by atoms with E-state index in [0.29, 0.717) is 16.3 Å². The first-order valence-electron chi connectivity index (χ1n) is 9.07. The van der Waals surface area contributed by atoms with Gasteiger partial charge in [0.2, 0.25) is 0 Å². The molecule has 0 bridgehead atoms. The standard InChI is InChI=1S/C20H14BrF5N4O/c21-12-6-11(22)7-13(23)18(12)28-19(31)15-9-17-27-14(10-4-2-1-3-5-10)8-16(20(24,25)26)30(17)29-15/h1-7,9,14,16,27H,8H2,(H,28,31). The van der Waals surface area contributed by atoms with Gasteiger partial charge in [-0.05, 0) is 27.6 Å². The lowest BCUT2D eigenvalue weighted by molar-refractivity contribution is -0.173. The number of hydrogen-bond acceptors (Lipinski definition) is 3. The van der Waals surface area contributed by atoms with E-state index in [1.165, 1.54) is 6.07 Å². The summed E-state index contributed by atoms with van der Waals surface area (Å²) in [7, 11) is 0. The van der Waals surface area contributed by atoms with Gasteiger partial charge in [-0.25, -0.2) is 13.5 Å². The molecule has 0 radical (unpaired) electrons. The van der Waals surface area contributed by atoms with Gasteiger partial charge in [0, 0.05) is 23.0 Å². The smallest absolute Gasteiger partial charge is 0.363 e. The molecule has 1 aliphatic rings. The van der Waals surface area contributed by atoms with Crippen molar-refractivity contribution in [2.45, 2.75) is 24.7 Å². The van der Waals surface area contributed by atoms with E-state index < -0.39 is 35.8 Å². The summed E-state index contributed by atoms with van der Waals surface area (Å²) in [5.74, 6) is -2.83. The van der Waals surface area contributed by atoms with Gasteiger partial charge in [-0.2, -0.15) is 18.3 Å². The van der Waals surface area contributed by atoms with E-state index in [0.717, 1.165) is 6.07 Å². The second-order valence-electron chi connectivity index (χ2n) is 6.96. The average molecular weight is 501 g/mol. The molecule has 31 heavy (non-hydrogen) atoms. The molecule has 2 N–H and O–H groups in total. The molecule has 0 spiro atoms. The third kappa shape index (κ3) is 4.27. The Balaban J connectivity index is 1.66. The van der Waals surface area contributed by atoms with E-state index in [-0.39, 0.29) is 28.1 Å². The minimum Gasteiger partial charge on any atom is -0.363 e. The van der Waals surface area contributed by atoms with Crippen molar-refractivity contribution in [2.75, 3.05) is 10.6 Å². The summed E-state index contributed by atoms with van der Waals surface area (Å²) in [6.45, 7) is 0. The summed E-state index contributed by atoms with van der Waals surface area (Å²) >= 11 is 2.94. The highest BCUT2D eigenvalue weighted by Crippen LogP contribution is 2.43. The molecule has 2 atom stereocenters. The Labute approximate surface area is 181 Å². The predicted octanol–water partition coefficient (Wildman–Crippen LogP) is 5.84. The van der Waals surface area contributed by atoms with Crippen LogP contribution in [0, 0.1) is 11.6 Å². The molecule has 0 aliphatic carbocycles. The van der Waals surface area contributed by atoms with Crippen LogP contribution in [0.4, 0.5) is 33.5 Å². The van der Waals surface area contributed by atoms with E-state index in [2.05, 4.69) is 31.7 Å². The van der Waals surface area contributed by atoms with Gasteiger partial charge in [0.15, 0.2) is 17.6 Å². The van der Waals surface area contributed by atoms with Crippen LogP contribution in [0.15, 0.2) is 53.0 Å². The zero-order valence-electron chi connectivity index (χ0n) is 15.6. The quantitative estimate of drug-likeness (QED) is 0.444. The molecule has 0 fully saturated rings. The summed E-state index contributed by atoms with van der Waals surface area (Å²) in [4.78, 5) is 12.6. The summed E-state index contributed by atoms with van der Waals surface area (Å²) in [6.07, 6.45) is -4.92. The van der Waals surface area contributed by atoms with Gasteiger partial charge in [-0.15, -0.1) is 0 Å². The number of rotatable bonds is 3. The molecular weight excluding hydrogens is 487 g/mol. The van der Waals surface area contributed by atoms with E-state index in [4.69, 9.17) is 0 Å². The van der Waals surface area contributed by atoms with Gasteiger partial charge in [0.1, 0.15) is 11.6 Å². The number of carbonyl (C=O) groups is 1. The minimum atomic E-state index is -4.60. The lowest BCUT2D eigenvalue weighted by Crippen LogP contribution is -2.35. The lowest BCUT2D eigenvalue weighted by atomic mass is 9.97. The fraction of sp³-hybridized carbons (Fsp3) is 0.200. The molecule has 0 saturated heterocycles. The summed E-state index contributed by atoms with van der Waals surface area (Å²) in [5.41, 5.74) is -0.0338. The number of fused-ring (bicyclic) bond motifs is 1. The number of carbonyl (C=O) groups excluding carboxylic acids is 1. The van der Waals surface area contributed by atoms with Gasteiger partial charge < -0.3 is 10.6 Å². The van der Waals surface area contributed by atoms with Crippen LogP contribution in [0.3, 0.4) is 0 Å². The summed E-state index contributed by atoms with van der Waals surface area (Å²) in [5, 5.41) is 9.00. The number of hydrogen-bond donors (Lipinski definition) is 2. The van der Waals surface area contributed by atoms with Crippen LogP contribution in [0.1, 0.15) is 34.6 Å². The van der Waals surface area contributed by atoms with Crippen molar-refractivity contribution in [1.29, 1.82) is 0 Å². The summed E-state index contributed by atoms with van der Waals surface area (Å²) in [6, 6.07) is 8.71. The van der Waals surface area contributed by atoms with Crippen molar-refractivity contribution < 1.29 is 26.7 Å². The van der Waals surface area contributed by atoms with Gasteiger partial charge >= 0.3 is 6.18 Å². The molecule has 2 aromatic carbocycles. The van der Waals surface area contributed by atoms with Crippen molar-refractivity contribution in [1.82, 2.24) is 9.78 Å². The van der Waals surface area contributed by atoms with Crippen molar-refractivity contribution in [2.24, 2.45) is 0 Å². The van der Waals surface area contributed by atoms with Crippen LogP contribution in [0.5, 0.6) is 0 Å². The van der Waals surface area contributed by atoms with Crippen LogP contribution in [0.2, 0.25) is 0 Å². The first kappa shape index (κ1) is 21.3. The Kier molecular flexibility index (Phi) is 5.46. The molecule has 2 unspecified atom stereocenters. The van der Waals surface area contributed by atoms with E-state index >= 15 is 0 Å². The number of alkyl halides is 3. The third-order valence-electron chi connectivity index (χ3n) is 4.87. The number of benzene rings is 2. The highest BCUT2D eigenvalue weighted by molar-refractivity contribution is 9.10. The van der Waals surface area contributed by atoms with Gasteiger partial charge in [-0.1, -0.05) is 30.3 Å². The van der Waals surface area contributed by atoms with Gasteiger partial charge in [0.05, 0.1) is 11.7 Å². The zero-order chi connectivity index (χ0) is 22.3. The topological polar surface area (TPSA) is 59.0 Å². The van der Waals surface area contributed by atoms with E-state index in [1.807, 2.05) is 0 Å². The third-order valence-corrected chi connectivity index (χ3v) is 5.50. The maximum Gasteiger partial charge on any atom is 0.410 e. The maximum atomic E-state index is 14.0. The second-order valence-corrected chi connectivity index (χ2v) is 7.81. The Morgan fingerprint density at radius 2 is 1.87 bits per heavy atom. The van der Waals surface area contributed by atoms with Crippen LogP contribution >= 0.6 is 15.9 Å². The molecule has 2 heterocycles. The first-order chi connectivity index (χ1) is 14.6. The number of amides is 1. The van der Waals surface area contributed by atoms with Crippen LogP contribution in [0.25, 0.3) is 0 Å². The monoisotopic (exact) mass is 500 g/mol. The molecule has 4 rings (SSSR count). The SMILES string of the molecule is O=C(Nc1c(F)cc(F)cc1Br)c1cc2n(n1)C(C(F)(F)F)CC(c1ccccc1)N2. The molecule has 1 amide bonds. The Bertz CT molecular complexity index is 1110. The molecular formula is C20H14BrF5N4O. The maximum absolute atomic E-state index is 14.0. The highest BCUT2D eigenvalue weighted by Gasteiger charge is 2.46. The number of anilines is 2. The second kappa shape index (κ2) is 7.95. The van der Waals surface area contributed by atoms with Crippen molar-refractivity contribution in [3.63, 3.8) is 0 Å². The molecule has 5 nitrogen and oxygen atoms in total. The van der Waals surface area contributed by atoms with Crippen LogP contribution in [-0.4, -0.2) is 21.9 Å². The molecule has 11 heteroatoms. The Morgan fingerprint density at radius 1 is 1.16 bits per heavy atom. The predicted molar refractivity (Wildman–Crippen MR) is 107 cm³/mol. The number of aromatic nitrogens is 2. The average Bonchev–Trinajstić information content (AvgIpc) is 3.14. The minimum absolute atomic E-state index is 0.00576. The molecule has 162 valence electrons. The van der Waals surface area contributed by atoms with Crippen molar-refractivity contribution >= 4 is 33.3 Å². The van der Waals surface area contributed by atoms with Crippen LogP contribution < -0.4 is 10.6 Å². The largest absolute Gasteiger partial charge is 0.410 e. The van der Waals surface area contributed by atoms with Gasteiger partial charge in [0.25, 0.3) is 5.91 Å². The molecule has 1 aromatic heterocycles. The Hall–Kier alpha value is -2.95. The van der Waals surface area contributed by atoms with E-state index in [1.54, 1.807) is 30.3 Å². The number of nitrogens with zero attached hydrogens (tertiary/aromatic N) is 2. The molecule has 0 saturated carbocycles. The zero-order valence-corrected chi connectivity index (χ0v) is 17.1. The highest BCUT2D eigenvalue weighted by atomic mass is 79.9. The first-order valence-corrected chi connectivity index (χ1v) is 9.86. The molecule has 1 aliphatic heterocycles.